The average Bonchev–Trinajstić information content (AvgIpc) is 2.94. The Labute approximate surface area is 114 Å². The number of hydrogen-bond acceptors (Lipinski definition) is 2. The van der Waals surface area contributed by atoms with Crippen LogP contribution in [0.25, 0.3) is 0 Å². The molecular weight excluding hydrogens is 222 g/mol. The fourth-order valence-electron chi connectivity index (χ4n) is 2.94. The van der Waals surface area contributed by atoms with E-state index in [0.717, 1.165) is 12.5 Å². The van der Waals surface area contributed by atoms with Gasteiger partial charge >= 0.3 is 0 Å². The number of carbonyl (C=O) groups is 1. The molecule has 0 amide bonds. The number of ketones is 1. The Kier molecular flexibility index (Phi) is 7.77. The van der Waals surface area contributed by atoms with E-state index in [4.69, 9.17) is 0 Å². The van der Waals surface area contributed by atoms with E-state index < -0.39 is 0 Å². The summed E-state index contributed by atoms with van der Waals surface area (Å²) in [6.45, 7) is 15.1. The molecule has 3 unspecified atom stereocenters. The molecule has 1 aliphatic heterocycles. The van der Waals surface area contributed by atoms with E-state index in [1.165, 1.54) is 19.3 Å². The second-order valence-corrected chi connectivity index (χ2v) is 5.86. The van der Waals surface area contributed by atoms with Gasteiger partial charge in [0.25, 0.3) is 0 Å². The fraction of sp³-hybridized carbons (Fsp3) is 0.938. The summed E-state index contributed by atoms with van der Waals surface area (Å²) < 4.78 is 0. The Balaban J connectivity index is 0.000000659. The van der Waals surface area contributed by atoms with Crippen LogP contribution in [0.15, 0.2) is 0 Å². The van der Waals surface area contributed by atoms with E-state index >= 15 is 0 Å². The van der Waals surface area contributed by atoms with Crippen LogP contribution in [0.2, 0.25) is 0 Å². The number of fused-ring (bicyclic) bond motifs is 1. The van der Waals surface area contributed by atoms with E-state index in [1.807, 2.05) is 48.5 Å². The molecule has 2 aliphatic rings. The minimum Gasteiger partial charge on any atom is -0.307 e. The van der Waals surface area contributed by atoms with E-state index in [1.54, 1.807) is 0 Å². The first-order chi connectivity index (χ1) is 8.50. The first-order valence-corrected chi connectivity index (χ1v) is 7.78. The van der Waals surface area contributed by atoms with Crippen molar-refractivity contribution in [2.75, 3.05) is 6.54 Å². The Morgan fingerprint density at radius 2 is 1.61 bits per heavy atom. The third kappa shape index (κ3) is 4.08. The summed E-state index contributed by atoms with van der Waals surface area (Å²) in [5, 5.41) is 3.42. The molecule has 0 radical (unpaired) electrons. The van der Waals surface area contributed by atoms with Gasteiger partial charge in [-0.05, 0) is 31.2 Å². The highest BCUT2D eigenvalue weighted by Gasteiger charge is 2.44. The molecule has 2 nitrogen and oxygen atoms in total. The SMILES string of the molecule is CC.CC.CC(C)(C)C(=O)C1NCC2CCCC21. The number of Topliss-reactive ketones (excluding diaryl/α,β-unsaturated/α-hetero) is 1. The normalized spacial score (nSPS) is 29.6. The molecule has 108 valence electrons. The van der Waals surface area contributed by atoms with Crippen LogP contribution in [0.1, 0.15) is 67.7 Å². The maximum Gasteiger partial charge on any atom is 0.155 e. The molecule has 1 aliphatic carbocycles. The van der Waals surface area contributed by atoms with Crippen LogP contribution in [0.5, 0.6) is 0 Å². The van der Waals surface area contributed by atoms with Crippen LogP contribution in [-0.4, -0.2) is 18.4 Å². The van der Waals surface area contributed by atoms with Gasteiger partial charge in [0.1, 0.15) is 0 Å². The van der Waals surface area contributed by atoms with Crippen LogP contribution in [-0.2, 0) is 4.79 Å². The van der Waals surface area contributed by atoms with Gasteiger partial charge in [-0.15, -0.1) is 0 Å². The van der Waals surface area contributed by atoms with Gasteiger partial charge in [0.2, 0.25) is 0 Å². The van der Waals surface area contributed by atoms with Gasteiger partial charge in [-0.2, -0.15) is 0 Å². The monoisotopic (exact) mass is 255 g/mol. The molecule has 0 aromatic carbocycles. The number of nitrogens with one attached hydrogen (secondary N) is 1. The third-order valence-electron chi connectivity index (χ3n) is 3.77. The summed E-state index contributed by atoms with van der Waals surface area (Å²) in [5.74, 6) is 1.83. The first-order valence-electron chi connectivity index (χ1n) is 7.78. The zero-order valence-corrected chi connectivity index (χ0v) is 13.5. The highest BCUT2D eigenvalue weighted by Crippen LogP contribution is 2.39. The third-order valence-corrected chi connectivity index (χ3v) is 3.77. The van der Waals surface area contributed by atoms with Crippen LogP contribution < -0.4 is 5.32 Å². The van der Waals surface area contributed by atoms with Crippen molar-refractivity contribution in [3.05, 3.63) is 0 Å². The zero-order valence-electron chi connectivity index (χ0n) is 13.5. The van der Waals surface area contributed by atoms with Gasteiger partial charge in [-0.3, -0.25) is 4.79 Å². The van der Waals surface area contributed by atoms with Gasteiger partial charge in [-0.1, -0.05) is 54.9 Å². The highest BCUT2D eigenvalue weighted by atomic mass is 16.1. The molecule has 0 aromatic heterocycles. The predicted octanol–water partition coefficient (Wildman–Crippen LogP) is 4.04. The molecule has 1 N–H and O–H groups in total. The molecule has 2 heteroatoms. The lowest BCUT2D eigenvalue weighted by Gasteiger charge is -2.25. The van der Waals surface area contributed by atoms with Crippen molar-refractivity contribution in [1.29, 1.82) is 0 Å². The maximum absolute atomic E-state index is 12.1. The van der Waals surface area contributed by atoms with Crippen LogP contribution >= 0.6 is 0 Å². The van der Waals surface area contributed by atoms with E-state index in [-0.39, 0.29) is 11.5 Å². The molecule has 0 spiro atoms. The highest BCUT2D eigenvalue weighted by molar-refractivity contribution is 5.89. The predicted molar refractivity (Wildman–Crippen MR) is 79.8 cm³/mol. The summed E-state index contributed by atoms with van der Waals surface area (Å²) >= 11 is 0. The largest absolute Gasteiger partial charge is 0.307 e. The standard InChI is InChI=1S/C12H21NO.2C2H6/c1-12(2,3)11(14)10-9-6-4-5-8(9)7-13-10;2*1-2/h8-10,13H,4-7H2,1-3H3;2*1-2H3. The lowest BCUT2D eigenvalue weighted by atomic mass is 9.81. The Morgan fingerprint density at radius 3 is 2.11 bits per heavy atom. The quantitative estimate of drug-likeness (QED) is 0.766. The molecule has 1 saturated heterocycles. The summed E-state index contributed by atoms with van der Waals surface area (Å²) in [6.07, 6.45) is 3.90. The fourth-order valence-corrected chi connectivity index (χ4v) is 2.94. The Bertz CT molecular complexity index is 242. The average molecular weight is 255 g/mol. The van der Waals surface area contributed by atoms with E-state index in [0.29, 0.717) is 11.7 Å². The Morgan fingerprint density at radius 1 is 1.06 bits per heavy atom. The number of rotatable bonds is 1. The van der Waals surface area contributed by atoms with Crippen molar-refractivity contribution in [1.82, 2.24) is 5.32 Å². The lowest BCUT2D eigenvalue weighted by Crippen LogP contribution is -2.42. The van der Waals surface area contributed by atoms with Crippen molar-refractivity contribution in [2.45, 2.75) is 73.8 Å². The van der Waals surface area contributed by atoms with Crippen LogP contribution in [0.3, 0.4) is 0 Å². The van der Waals surface area contributed by atoms with Gasteiger partial charge in [-0.25, -0.2) is 0 Å². The van der Waals surface area contributed by atoms with E-state index in [2.05, 4.69) is 5.32 Å². The molecule has 18 heavy (non-hydrogen) atoms. The molecule has 0 aromatic rings. The van der Waals surface area contributed by atoms with Gasteiger partial charge in [0.05, 0.1) is 6.04 Å². The Hall–Kier alpha value is -0.370. The van der Waals surface area contributed by atoms with Crippen molar-refractivity contribution in [2.24, 2.45) is 17.3 Å². The maximum atomic E-state index is 12.1. The topological polar surface area (TPSA) is 29.1 Å². The number of hydrogen-bond donors (Lipinski definition) is 1. The van der Waals surface area contributed by atoms with Gasteiger partial charge in [0.15, 0.2) is 5.78 Å². The lowest BCUT2D eigenvalue weighted by molar-refractivity contribution is -0.129. The number of carbonyl (C=O) groups excluding carboxylic acids is 1. The summed E-state index contributed by atoms with van der Waals surface area (Å²) in [5.41, 5.74) is -0.185. The summed E-state index contributed by atoms with van der Waals surface area (Å²) in [7, 11) is 0. The van der Waals surface area contributed by atoms with Gasteiger partial charge < -0.3 is 5.32 Å². The minimum absolute atomic E-state index is 0.155. The van der Waals surface area contributed by atoms with Crippen molar-refractivity contribution < 1.29 is 4.79 Å². The summed E-state index contributed by atoms with van der Waals surface area (Å²) in [4.78, 5) is 12.1. The van der Waals surface area contributed by atoms with E-state index in [9.17, 15) is 4.79 Å². The molecule has 3 atom stereocenters. The summed E-state index contributed by atoms with van der Waals surface area (Å²) in [6, 6.07) is 0.155. The second kappa shape index (κ2) is 7.93. The van der Waals surface area contributed by atoms with Crippen molar-refractivity contribution in [3.63, 3.8) is 0 Å². The van der Waals surface area contributed by atoms with Gasteiger partial charge in [0, 0.05) is 5.41 Å². The van der Waals surface area contributed by atoms with Crippen LogP contribution in [0.4, 0.5) is 0 Å². The molecule has 2 fully saturated rings. The molecule has 1 heterocycles. The molecule has 2 rings (SSSR count). The molecule has 0 bridgehead atoms. The smallest absolute Gasteiger partial charge is 0.155 e. The first kappa shape index (κ1) is 17.6. The van der Waals surface area contributed by atoms with Crippen LogP contribution in [0, 0.1) is 17.3 Å². The second-order valence-electron chi connectivity index (χ2n) is 5.86. The molecule has 1 saturated carbocycles. The van der Waals surface area contributed by atoms with Crippen molar-refractivity contribution >= 4 is 5.78 Å². The zero-order chi connectivity index (χ0) is 14.3. The van der Waals surface area contributed by atoms with Crippen molar-refractivity contribution in [3.8, 4) is 0 Å². The molecular formula is C16H33NO. The minimum atomic E-state index is -0.185.